The minimum absolute atomic E-state index is 0.0551. The zero-order valence-corrected chi connectivity index (χ0v) is 12.2. The van der Waals surface area contributed by atoms with Crippen molar-refractivity contribution in [1.29, 1.82) is 5.53 Å². The van der Waals surface area contributed by atoms with E-state index in [1.165, 1.54) is 18.2 Å². The van der Waals surface area contributed by atoms with Gasteiger partial charge in [-0.05, 0) is 45.9 Å². The molecule has 0 unspecified atom stereocenters. The Morgan fingerprint density at radius 3 is 2.30 bits per heavy atom. The van der Waals surface area contributed by atoms with Gasteiger partial charge in [0.1, 0.15) is 5.82 Å². The van der Waals surface area contributed by atoms with Gasteiger partial charge in [-0.15, -0.1) is 0 Å². The molecule has 20 heavy (non-hydrogen) atoms. The molecule has 7 heteroatoms. The molecule has 0 bridgehead atoms. The van der Waals surface area contributed by atoms with Crippen LogP contribution in [0.15, 0.2) is 23.3 Å². The lowest BCUT2D eigenvalue weighted by Crippen LogP contribution is -2.32. The predicted octanol–water partition coefficient (Wildman–Crippen LogP) is 3.84. The molecule has 110 valence electrons. The van der Waals surface area contributed by atoms with Crippen LogP contribution in [0.4, 0.5) is 10.1 Å². The fraction of sp³-hybridized carbons (Fsp3) is 0.538. The lowest BCUT2D eigenvalue weighted by Gasteiger charge is -2.19. The lowest BCUT2D eigenvalue weighted by molar-refractivity contribution is 0.0460. The average Bonchev–Trinajstić information content (AvgIpc) is 2.34. The second-order valence-corrected chi connectivity index (χ2v) is 4.85. The first-order valence-corrected chi connectivity index (χ1v) is 6.50. The average molecular weight is 282 g/mol. The maximum Gasteiger partial charge on any atom is 0.640 e. The molecule has 1 N–H and O–H groups in total. The van der Waals surface area contributed by atoms with Gasteiger partial charge in [0, 0.05) is 17.8 Å². The van der Waals surface area contributed by atoms with Gasteiger partial charge in [-0.2, -0.15) is 5.11 Å². The minimum atomic E-state index is -0.836. The first kappa shape index (κ1) is 16.7. The Morgan fingerprint density at radius 1 is 1.20 bits per heavy atom. The van der Waals surface area contributed by atoms with Crippen LogP contribution in [0.25, 0.3) is 0 Å². The van der Waals surface area contributed by atoms with Gasteiger partial charge < -0.3 is 14.0 Å². The summed E-state index contributed by atoms with van der Waals surface area (Å²) in [5, 5.41) is 3.33. The Bertz CT molecular complexity index is 434. The summed E-state index contributed by atoms with van der Waals surface area (Å²) in [5.74, 6) is -0.401. The summed E-state index contributed by atoms with van der Waals surface area (Å²) < 4.78 is 29.6. The van der Waals surface area contributed by atoms with E-state index in [2.05, 4.69) is 5.11 Å². The number of hydrogen-bond donors (Lipinski definition) is 1. The second-order valence-electron chi connectivity index (χ2n) is 4.85. The molecule has 0 aromatic heterocycles. The summed E-state index contributed by atoms with van der Waals surface area (Å²) in [6.45, 7) is 7.53. The molecule has 0 saturated heterocycles. The molecule has 5 nitrogen and oxygen atoms in total. The predicted molar refractivity (Wildman–Crippen MR) is 74.2 cm³/mol. The summed E-state index contributed by atoms with van der Waals surface area (Å²) in [4.78, 5) is 0. The van der Waals surface area contributed by atoms with E-state index < -0.39 is 13.1 Å². The number of rotatable bonds is 8. The fourth-order valence-corrected chi connectivity index (χ4v) is 1.49. The van der Waals surface area contributed by atoms with Crippen molar-refractivity contribution in [2.75, 3.05) is 0 Å². The molecule has 0 aliphatic carbocycles. The Morgan fingerprint density at radius 2 is 1.80 bits per heavy atom. The van der Waals surface area contributed by atoms with E-state index in [4.69, 9.17) is 19.5 Å². The molecule has 0 spiro atoms. The van der Waals surface area contributed by atoms with E-state index in [0.29, 0.717) is 11.3 Å². The van der Waals surface area contributed by atoms with Crippen LogP contribution in [0.2, 0.25) is 0 Å². The Labute approximate surface area is 119 Å². The van der Waals surface area contributed by atoms with Crippen molar-refractivity contribution in [2.45, 2.75) is 46.5 Å². The number of benzene rings is 1. The van der Waals surface area contributed by atoms with Crippen LogP contribution in [0, 0.1) is 11.3 Å². The highest BCUT2D eigenvalue weighted by atomic mass is 19.1. The van der Waals surface area contributed by atoms with Gasteiger partial charge in [0.05, 0.1) is 12.3 Å². The molecule has 1 aromatic carbocycles. The van der Waals surface area contributed by atoms with E-state index in [-0.39, 0.29) is 18.8 Å². The van der Waals surface area contributed by atoms with Gasteiger partial charge in [-0.1, -0.05) is 0 Å². The van der Waals surface area contributed by atoms with Crippen LogP contribution in [0.5, 0.6) is 0 Å². The smallest absolute Gasteiger partial charge is 0.384 e. The molecule has 0 aliphatic rings. The molecule has 0 radical (unpaired) electrons. The van der Waals surface area contributed by atoms with E-state index in [1.807, 2.05) is 27.7 Å². The third-order valence-electron chi connectivity index (χ3n) is 2.30. The van der Waals surface area contributed by atoms with E-state index in [9.17, 15) is 4.39 Å². The Hall–Kier alpha value is -1.31. The van der Waals surface area contributed by atoms with Crippen molar-refractivity contribution in [1.82, 2.24) is 0 Å². The lowest BCUT2D eigenvalue weighted by atomic mass is 10.1. The van der Waals surface area contributed by atoms with Gasteiger partial charge in [-0.25, -0.2) is 9.92 Å². The Kier molecular flexibility index (Phi) is 6.77. The van der Waals surface area contributed by atoms with E-state index >= 15 is 0 Å². The van der Waals surface area contributed by atoms with Crippen LogP contribution in [-0.4, -0.2) is 19.5 Å². The molecule has 1 aromatic rings. The molecule has 0 saturated carbocycles. The monoisotopic (exact) mass is 282 g/mol. The molecule has 0 amide bonds. The van der Waals surface area contributed by atoms with Crippen LogP contribution in [0.1, 0.15) is 33.3 Å². The highest BCUT2D eigenvalue weighted by Crippen LogP contribution is 2.21. The maximum absolute atomic E-state index is 13.2. The third kappa shape index (κ3) is 5.77. The first-order valence-electron chi connectivity index (χ1n) is 6.50. The van der Waals surface area contributed by atoms with Gasteiger partial charge >= 0.3 is 7.32 Å². The van der Waals surface area contributed by atoms with Gasteiger partial charge in [0.2, 0.25) is 0 Å². The highest BCUT2D eigenvalue weighted by molar-refractivity contribution is 6.36. The Balaban J connectivity index is 2.70. The van der Waals surface area contributed by atoms with Crippen LogP contribution < -0.4 is 0 Å². The fourth-order valence-electron chi connectivity index (χ4n) is 1.49. The molecule has 0 aliphatic heterocycles. The second kappa shape index (κ2) is 8.09. The summed E-state index contributed by atoms with van der Waals surface area (Å²) in [7, 11) is -0.836. The standard InChI is InChI=1S/C13H20BFN2O3/c1-9(2)19-14(20-10(3)4)18-8-11-7-12(15)5-6-13(11)17-16/h5-7,9-10,16H,8H2,1-4H3. The van der Waals surface area contributed by atoms with E-state index in [1.54, 1.807) is 0 Å². The SMILES string of the molecule is CC(C)OB(OCc1cc(F)ccc1N=N)OC(C)C. The zero-order valence-electron chi connectivity index (χ0n) is 12.2. The first-order chi connectivity index (χ1) is 9.42. The number of halogens is 1. The summed E-state index contributed by atoms with van der Waals surface area (Å²) >= 11 is 0. The molecular weight excluding hydrogens is 262 g/mol. The van der Waals surface area contributed by atoms with E-state index in [0.717, 1.165) is 0 Å². The normalized spacial score (nSPS) is 11.2. The topological polar surface area (TPSA) is 63.9 Å². The minimum Gasteiger partial charge on any atom is -0.384 e. The van der Waals surface area contributed by atoms with Crippen molar-refractivity contribution in [3.05, 3.63) is 29.6 Å². The molecule has 0 heterocycles. The van der Waals surface area contributed by atoms with Crippen molar-refractivity contribution in [3.8, 4) is 0 Å². The van der Waals surface area contributed by atoms with Crippen molar-refractivity contribution in [3.63, 3.8) is 0 Å². The quantitative estimate of drug-likeness (QED) is 0.582. The number of hydrogen-bond acceptors (Lipinski definition) is 5. The molecule has 1 rings (SSSR count). The largest absolute Gasteiger partial charge is 0.640 e. The summed E-state index contributed by atoms with van der Waals surface area (Å²) in [6.07, 6.45) is -0.127. The van der Waals surface area contributed by atoms with Crippen molar-refractivity contribution >= 4 is 13.0 Å². The zero-order chi connectivity index (χ0) is 15.1. The summed E-state index contributed by atoms with van der Waals surface area (Å²) in [5.41, 5.74) is 7.89. The van der Waals surface area contributed by atoms with Crippen LogP contribution in [0.3, 0.4) is 0 Å². The molecule has 0 atom stereocenters. The number of nitrogens with one attached hydrogen (secondary N) is 1. The van der Waals surface area contributed by atoms with Crippen LogP contribution in [-0.2, 0) is 20.6 Å². The maximum atomic E-state index is 13.2. The molecule has 0 fully saturated rings. The van der Waals surface area contributed by atoms with Crippen molar-refractivity contribution < 1.29 is 18.4 Å². The third-order valence-corrected chi connectivity index (χ3v) is 2.30. The van der Waals surface area contributed by atoms with Crippen molar-refractivity contribution in [2.24, 2.45) is 5.11 Å². The number of nitrogens with zero attached hydrogens (tertiary/aromatic N) is 1. The van der Waals surface area contributed by atoms with Gasteiger partial charge in [0.15, 0.2) is 0 Å². The highest BCUT2D eigenvalue weighted by Gasteiger charge is 2.25. The van der Waals surface area contributed by atoms with Gasteiger partial charge in [-0.3, -0.25) is 0 Å². The molecular formula is C13H20BFN2O3. The summed E-state index contributed by atoms with van der Waals surface area (Å²) in [6, 6.07) is 3.97. The van der Waals surface area contributed by atoms with Crippen LogP contribution >= 0.6 is 0 Å². The van der Waals surface area contributed by atoms with Gasteiger partial charge in [0.25, 0.3) is 0 Å².